The Balaban J connectivity index is 2.81. The molecule has 88 valence electrons. The summed E-state index contributed by atoms with van der Waals surface area (Å²) in [6.07, 6.45) is 1.09. The second-order valence-corrected chi connectivity index (χ2v) is 4.77. The fraction of sp³-hybridized carbons (Fsp3) is 0.500. The van der Waals surface area contributed by atoms with E-state index in [1.54, 1.807) is 0 Å². The van der Waals surface area contributed by atoms with Gasteiger partial charge in [-0.2, -0.15) is 0 Å². The van der Waals surface area contributed by atoms with Crippen molar-refractivity contribution >= 4 is 5.97 Å². The first-order valence-corrected chi connectivity index (χ1v) is 5.68. The van der Waals surface area contributed by atoms with Gasteiger partial charge in [0.15, 0.2) is 0 Å². The zero-order valence-electron chi connectivity index (χ0n) is 10.5. The van der Waals surface area contributed by atoms with Crippen LogP contribution in [0.2, 0.25) is 0 Å². The molecule has 0 aromatic heterocycles. The molecule has 0 fully saturated rings. The molecule has 0 aliphatic carbocycles. The number of carboxylic acids is 1. The molecule has 0 heterocycles. The van der Waals surface area contributed by atoms with Crippen LogP contribution in [0.3, 0.4) is 0 Å². The van der Waals surface area contributed by atoms with E-state index in [0.29, 0.717) is 0 Å². The fourth-order valence-corrected chi connectivity index (χ4v) is 1.99. The Morgan fingerprint density at radius 1 is 1.19 bits per heavy atom. The van der Waals surface area contributed by atoms with Gasteiger partial charge in [-0.05, 0) is 55.4 Å². The van der Waals surface area contributed by atoms with E-state index in [2.05, 4.69) is 32.9 Å². The average Bonchev–Trinajstić information content (AvgIpc) is 2.12. The fourth-order valence-electron chi connectivity index (χ4n) is 1.99. The van der Waals surface area contributed by atoms with Gasteiger partial charge in [0, 0.05) is 6.42 Å². The molecular weight excluding hydrogens is 200 g/mol. The van der Waals surface area contributed by atoms with Gasteiger partial charge in [-0.15, -0.1) is 0 Å². The molecule has 0 saturated carbocycles. The number of hydrogen-bond acceptors (Lipinski definition) is 1. The van der Waals surface area contributed by atoms with Crippen LogP contribution in [0.4, 0.5) is 0 Å². The molecule has 1 N–H and O–H groups in total. The molecule has 0 bridgehead atoms. The normalized spacial score (nSPS) is 12.5. The predicted molar refractivity (Wildman–Crippen MR) is 65.8 cm³/mol. The molecule has 0 aliphatic heterocycles. The summed E-state index contributed by atoms with van der Waals surface area (Å²) >= 11 is 0. The SMILES string of the molecule is Cc1cc(C)c(CC(C)CC(=O)O)cc1C. The molecule has 0 saturated heterocycles. The third-order valence-corrected chi connectivity index (χ3v) is 3.04. The Kier molecular flexibility index (Phi) is 4.11. The summed E-state index contributed by atoms with van der Waals surface area (Å²) < 4.78 is 0. The molecule has 1 aromatic carbocycles. The predicted octanol–water partition coefficient (Wildman–Crippen LogP) is 3.27. The third-order valence-electron chi connectivity index (χ3n) is 3.04. The standard InChI is InChI=1S/C14H20O2/c1-9(6-14(15)16)5-13-8-11(3)10(2)7-12(13)4/h7-9H,5-6H2,1-4H3,(H,15,16). The highest BCUT2D eigenvalue weighted by Crippen LogP contribution is 2.19. The van der Waals surface area contributed by atoms with Crippen molar-refractivity contribution in [2.24, 2.45) is 5.92 Å². The second-order valence-electron chi connectivity index (χ2n) is 4.77. The molecule has 0 amide bonds. The van der Waals surface area contributed by atoms with E-state index in [9.17, 15) is 4.79 Å². The maximum Gasteiger partial charge on any atom is 0.303 e. The summed E-state index contributed by atoms with van der Waals surface area (Å²) in [6.45, 7) is 8.28. The van der Waals surface area contributed by atoms with Crippen LogP contribution < -0.4 is 0 Å². The van der Waals surface area contributed by atoms with E-state index in [0.717, 1.165) is 6.42 Å². The summed E-state index contributed by atoms with van der Waals surface area (Å²) in [6, 6.07) is 4.36. The number of benzene rings is 1. The van der Waals surface area contributed by atoms with Crippen molar-refractivity contribution in [3.8, 4) is 0 Å². The van der Waals surface area contributed by atoms with Gasteiger partial charge < -0.3 is 5.11 Å². The molecule has 0 radical (unpaired) electrons. The Bertz CT molecular complexity index is 394. The van der Waals surface area contributed by atoms with Crippen LogP contribution in [-0.4, -0.2) is 11.1 Å². The van der Waals surface area contributed by atoms with Crippen molar-refractivity contribution in [3.63, 3.8) is 0 Å². The summed E-state index contributed by atoms with van der Waals surface area (Å²) in [4.78, 5) is 10.6. The van der Waals surface area contributed by atoms with Crippen molar-refractivity contribution in [1.82, 2.24) is 0 Å². The van der Waals surface area contributed by atoms with Crippen molar-refractivity contribution in [2.75, 3.05) is 0 Å². The molecule has 1 aromatic rings. The lowest BCUT2D eigenvalue weighted by Crippen LogP contribution is -2.08. The van der Waals surface area contributed by atoms with Gasteiger partial charge in [0.05, 0.1) is 0 Å². The monoisotopic (exact) mass is 220 g/mol. The smallest absolute Gasteiger partial charge is 0.303 e. The van der Waals surface area contributed by atoms with E-state index in [-0.39, 0.29) is 12.3 Å². The minimum Gasteiger partial charge on any atom is -0.481 e. The van der Waals surface area contributed by atoms with Crippen LogP contribution >= 0.6 is 0 Å². The first kappa shape index (κ1) is 12.8. The molecule has 2 heteroatoms. The van der Waals surface area contributed by atoms with Crippen LogP contribution in [0.15, 0.2) is 12.1 Å². The van der Waals surface area contributed by atoms with Crippen molar-refractivity contribution < 1.29 is 9.90 Å². The van der Waals surface area contributed by atoms with Crippen LogP contribution in [0.25, 0.3) is 0 Å². The van der Waals surface area contributed by atoms with Crippen molar-refractivity contribution in [3.05, 3.63) is 34.4 Å². The second kappa shape index (κ2) is 5.15. The van der Waals surface area contributed by atoms with Gasteiger partial charge in [-0.3, -0.25) is 4.79 Å². The molecule has 1 unspecified atom stereocenters. The summed E-state index contributed by atoms with van der Waals surface area (Å²) in [5.74, 6) is -0.521. The molecule has 16 heavy (non-hydrogen) atoms. The quantitative estimate of drug-likeness (QED) is 0.845. The van der Waals surface area contributed by atoms with Crippen LogP contribution in [0.1, 0.15) is 35.6 Å². The van der Waals surface area contributed by atoms with Crippen LogP contribution in [0.5, 0.6) is 0 Å². The Morgan fingerprint density at radius 2 is 1.75 bits per heavy atom. The lowest BCUT2D eigenvalue weighted by molar-refractivity contribution is -0.137. The molecule has 1 atom stereocenters. The van der Waals surface area contributed by atoms with Gasteiger partial charge in [0.1, 0.15) is 0 Å². The first-order valence-electron chi connectivity index (χ1n) is 5.68. The average molecular weight is 220 g/mol. The summed E-state index contributed by atoms with van der Waals surface area (Å²) in [5.41, 5.74) is 5.12. The maximum atomic E-state index is 10.6. The third kappa shape index (κ3) is 3.37. The molecule has 2 nitrogen and oxygen atoms in total. The van der Waals surface area contributed by atoms with Gasteiger partial charge in [-0.25, -0.2) is 0 Å². The van der Waals surface area contributed by atoms with Crippen molar-refractivity contribution in [1.29, 1.82) is 0 Å². The largest absolute Gasteiger partial charge is 0.481 e. The maximum absolute atomic E-state index is 10.6. The highest BCUT2D eigenvalue weighted by molar-refractivity contribution is 5.67. The van der Waals surface area contributed by atoms with E-state index in [4.69, 9.17) is 5.11 Å². The van der Waals surface area contributed by atoms with Gasteiger partial charge in [-0.1, -0.05) is 19.1 Å². The lowest BCUT2D eigenvalue weighted by Gasteiger charge is -2.13. The number of carboxylic acid groups (broad SMARTS) is 1. The number of aryl methyl sites for hydroxylation is 3. The first-order chi connectivity index (χ1) is 7.40. The molecule has 0 spiro atoms. The van der Waals surface area contributed by atoms with E-state index in [1.165, 1.54) is 22.3 Å². The number of carbonyl (C=O) groups is 1. The van der Waals surface area contributed by atoms with Crippen LogP contribution in [0, 0.1) is 26.7 Å². The lowest BCUT2D eigenvalue weighted by atomic mass is 9.92. The van der Waals surface area contributed by atoms with Crippen LogP contribution in [-0.2, 0) is 11.2 Å². The van der Waals surface area contributed by atoms with Gasteiger partial charge in [0.2, 0.25) is 0 Å². The molecular formula is C14H20O2. The van der Waals surface area contributed by atoms with Gasteiger partial charge >= 0.3 is 5.97 Å². The zero-order valence-corrected chi connectivity index (χ0v) is 10.5. The highest BCUT2D eigenvalue weighted by atomic mass is 16.4. The molecule has 1 rings (SSSR count). The summed E-state index contributed by atoms with van der Waals surface area (Å²) in [5, 5.41) is 8.73. The van der Waals surface area contributed by atoms with E-state index in [1.807, 2.05) is 6.92 Å². The Hall–Kier alpha value is -1.31. The summed E-state index contributed by atoms with van der Waals surface area (Å²) in [7, 11) is 0. The van der Waals surface area contributed by atoms with E-state index >= 15 is 0 Å². The number of hydrogen-bond donors (Lipinski definition) is 1. The zero-order chi connectivity index (χ0) is 12.3. The highest BCUT2D eigenvalue weighted by Gasteiger charge is 2.10. The topological polar surface area (TPSA) is 37.3 Å². The minimum atomic E-state index is -0.714. The Labute approximate surface area is 97.3 Å². The van der Waals surface area contributed by atoms with Gasteiger partial charge in [0.25, 0.3) is 0 Å². The Morgan fingerprint density at radius 3 is 2.31 bits per heavy atom. The minimum absolute atomic E-state index is 0.193. The number of aliphatic carboxylic acids is 1. The molecule has 0 aliphatic rings. The van der Waals surface area contributed by atoms with E-state index < -0.39 is 5.97 Å². The van der Waals surface area contributed by atoms with Crippen molar-refractivity contribution in [2.45, 2.75) is 40.5 Å². The number of rotatable bonds is 4.